The third-order valence-electron chi connectivity index (χ3n) is 6.24. The highest BCUT2D eigenvalue weighted by Gasteiger charge is 2.31. The Kier molecular flexibility index (Phi) is 4.34. The van der Waals surface area contributed by atoms with E-state index in [0.29, 0.717) is 23.8 Å². The summed E-state index contributed by atoms with van der Waals surface area (Å²) in [5.74, 6) is 0.893. The Morgan fingerprint density at radius 1 is 1.07 bits per heavy atom. The van der Waals surface area contributed by atoms with Crippen molar-refractivity contribution in [2.75, 3.05) is 13.7 Å². The van der Waals surface area contributed by atoms with Gasteiger partial charge < -0.3 is 14.0 Å². The second-order valence-electron chi connectivity index (χ2n) is 7.79. The van der Waals surface area contributed by atoms with Gasteiger partial charge in [0.15, 0.2) is 5.75 Å². The van der Waals surface area contributed by atoms with Crippen LogP contribution in [0.2, 0.25) is 0 Å². The van der Waals surface area contributed by atoms with E-state index in [1.54, 1.807) is 0 Å². The van der Waals surface area contributed by atoms with Crippen molar-refractivity contribution in [1.82, 2.24) is 4.57 Å². The quantitative estimate of drug-likeness (QED) is 0.565. The van der Waals surface area contributed by atoms with Crippen LogP contribution in [0, 0.1) is 0 Å². The van der Waals surface area contributed by atoms with Crippen molar-refractivity contribution in [3.63, 3.8) is 0 Å². The number of nitrogens with zero attached hydrogens (tertiary/aromatic N) is 1. The van der Waals surface area contributed by atoms with Gasteiger partial charge in [0.2, 0.25) is 0 Å². The zero-order chi connectivity index (χ0) is 19.1. The third kappa shape index (κ3) is 2.62. The zero-order valence-electron chi connectivity index (χ0n) is 16.2. The van der Waals surface area contributed by atoms with Crippen molar-refractivity contribution in [2.24, 2.45) is 0 Å². The van der Waals surface area contributed by atoms with Gasteiger partial charge in [-0.2, -0.15) is 0 Å². The van der Waals surface area contributed by atoms with Crippen LogP contribution >= 0.6 is 0 Å². The van der Waals surface area contributed by atoms with E-state index in [0.717, 1.165) is 12.1 Å². The average molecular weight is 375 g/mol. The number of aromatic nitrogens is 1. The summed E-state index contributed by atoms with van der Waals surface area (Å²) < 4.78 is 13.4. The molecule has 2 aromatic carbocycles. The highest BCUT2D eigenvalue weighted by Crippen LogP contribution is 2.47. The molecule has 1 fully saturated rings. The Morgan fingerprint density at radius 2 is 1.86 bits per heavy atom. The van der Waals surface area contributed by atoms with E-state index in [1.807, 2.05) is 6.07 Å². The summed E-state index contributed by atoms with van der Waals surface area (Å²) in [7, 11) is 1.42. The van der Waals surface area contributed by atoms with Crippen molar-refractivity contribution >= 4 is 16.9 Å². The summed E-state index contributed by atoms with van der Waals surface area (Å²) in [4.78, 5) is 12.3. The molecule has 1 saturated carbocycles. The Morgan fingerprint density at radius 3 is 2.61 bits per heavy atom. The maximum absolute atomic E-state index is 12.3. The number of carbonyl (C=O) groups excluding carboxylic acids is 1. The SMILES string of the molecule is COC(=O)c1ccc2c(C3CCCCC3)c(-c3ccccc3)n3c2c1OCC3. The lowest BCUT2D eigenvalue weighted by Crippen LogP contribution is -2.17. The molecule has 4 heteroatoms. The molecule has 0 amide bonds. The fourth-order valence-corrected chi connectivity index (χ4v) is 5.03. The van der Waals surface area contributed by atoms with Crippen LogP contribution < -0.4 is 4.74 Å². The largest absolute Gasteiger partial charge is 0.489 e. The Hall–Kier alpha value is -2.75. The molecule has 0 bridgehead atoms. The first-order valence-corrected chi connectivity index (χ1v) is 10.2. The molecule has 1 aliphatic heterocycles. The maximum Gasteiger partial charge on any atom is 0.341 e. The summed E-state index contributed by atoms with van der Waals surface area (Å²) in [6, 6.07) is 14.6. The van der Waals surface area contributed by atoms with E-state index < -0.39 is 0 Å². The number of ether oxygens (including phenoxy) is 2. The van der Waals surface area contributed by atoms with E-state index in [9.17, 15) is 4.79 Å². The van der Waals surface area contributed by atoms with Gasteiger partial charge in [-0.25, -0.2) is 4.79 Å². The minimum Gasteiger partial charge on any atom is -0.489 e. The van der Waals surface area contributed by atoms with Crippen LogP contribution in [0.1, 0.15) is 53.9 Å². The van der Waals surface area contributed by atoms with Crippen LogP contribution in [0.5, 0.6) is 5.75 Å². The van der Waals surface area contributed by atoms with Gasteiger partial charge in [-0.3, -0.25) is 0 Å². The highest BCUT2D eigenvalue weighted by atomic mass is 16.5. The molecule has 2 aliphatic rings. The molecule has 1 aromatic heterocycles. The van der Waals surface area contributed by atoms with Crippen LogP contribution in [0.4, 0.5) is 0 Å². The van der Waals surface area contributed by atoms with Crippen molar-refractivity contribution in [3.8, 4) is 17.0 Å². The predicted octanol–water partition coefficient (Wildman–Crippen LogP) is 5.54. The normalized spacial score (nSPS) is 16.8. The van der Waals surface area contributed by atoms with Gasteiger partial charge in [0, 0.05) is 5.39 Å². The van der Waals surface area contributed by atoms with E-state index in [-0.39, 0.29) is 5.97 Å². The van der Waals surface area contributed by atoms with E-state index in [2.05, 4.69) is 41.0 Å². The van der Waals surface area contributed by atoms with Crippen molar-refractivity contribution in [3.05, 3.63) is 53.6 Å². The first kappa shape index (κ1) is 17.4. The number of hydrogen-bond donors (Lipinski definition) is 0. The molecule has 0 radical (unpaired) electrons. The lowest BCUT2D eigenvalue weighted by atomic mass is 9.81. The first-order valence-electron chi connectivity index (χ1n) is 10.2. The molecule has 1 aliphatic carbocycles. The number of esters is 1. The number of hydrogen-bond acceptors (Lipinski definition) is 3. The minimum atomic E-state index is -0.341. The summed E-state index contributed by atoms with van der Waals surface area (Å²) in [6.45, 7) is 1.36. The van der Waals surface area contributed by atoms with E-state index in [1.165, 1.54) is 61.4 Å². The topological polar surface area (TPSA) is 40.5 Å². The highest BCUT2D eigenvalue weighted by molar-refractivity contribution is 6.04. The third-order valence-corrected chi connectivity index (χ3v) is 6.24. The summed E-state index contributed by atoms with van der Waals surface area (Å²) in [5, 5.41) is 1.23. The molecule has 144 valence electrons. The minimum absolute atomic E-state index is 0.341. The van der Waals surface area contributed by atoms with Crippen LogP contribution in [0.15, 0.2) is 42.5 Å². The van der Waals surface area contributed by atoms with Gasteiger partial charge in [0.1, 0.15) is 12.2 Å². The monoisotopic (exact) mass is 375 g/mol. The molecule has 28 heavy (non-hydrogen) atoms. The van der Waals surface area contributed by atoms with E-state index >= 15 is 0 Å². The molecule has 0 spiro atoms. The maximum atomic E-state index is 12.3. The molecule has 3 aromatic rings. The van der Waals surface area contributed by atoms with Gasteiger partial charge in [-0.1, -0.05) is 55.7 Å². The van der Waals surface area contributed by atoms with Crippen molar-refractivity contribution in [1.29, 1.82) is 0 Å². The molecule has 0 saturated heterocycles. The summed E-state index contributed by atoms with van der Waals surface area (Å²) in [6.07, 6.45) is 6.36. The summed E-state index contributed by atoms with van der Waals surface area (Å²) >= 11 is 0. The molecule has 0 N–H and O–H groups in total. The Balaban J connectivity index is 1.84. The van der Waals surface area contributed by atoms with Crippen LogP contribution in [-0.4, -0.2) is 24.3 Å². The molecule has 2 heterocycles. The molecule has 0 atom stereocenters. The molecular formula is C24H25NO3. The van der Waals surface area contributed by atoms with Crippen LogP contribution in [-0.2, 0) is 11.3 Å². The number of carbonyl (C=O) groups is 1. The van der Waals surface area contributed by atoms with E-state index in [4.69, 9.17) is 9.47 Å². The molecule has 5 rings (SSSR count). The average Bonchev–Trinajstić information content (AvgIpc) is 3.11. The fourth-order valence-electron chi connectivity index (χ4n) is 5.03. The fraction of sp³-hybridized carbons (Fsp3) is 0.375. The first-order chi connectivity index (χ1) is 13.8. The standard InChI is InChI=1S/C24H25NO3/c1-27-24(26)19-13-12-18-20(16-8-4-2-5-9-16)21(17-10-6-3-7-11-17)25-14-15-28-23(19)22(18)25/h3,6-7,10-13,16H,2,4-5,8-9,14-15H2,1H3. The summed E-state index contributed by atoms with van der Waals surface area (Å²) in [5.41, 5.74) is 5.54. The van der Waals surface area contributed by atoms with Gasteiger partial charge in [0.25, 0.3) is 0 Å². The van der Waals surface area contributed by atoms with Gasteiger partial charge in [-0.15, -0.1) is 0 Å². The van der Waals surface area contributed by atoms with Crippen molar-refractivity contribution in [2.45, 2.75) is 44.6 Å². The smallest absolute Gasteiger partial charge is 0.341 e. The Labute approximate surface area is 165 Å². The van der Waals surface area contributed by atoms with Gasteiger partial charge in [0.05, 0.1) is 24.9 Å². The second kappa shape index (κ2) is 7.01. The number of methoxy groups -OCH3 is 1. The Bertz CT molecular complexity index is 1030. The van der Waals surface area contributed by atoms with Gasteiger partial charge in [-0.05, 0) is 36.0 Å². The molecule has 4 nitrogen and oxygen atoms in total. The number of rotatable bonds is 3. The zero-order valence-corrected chi connectivity index (χ0v) is 16.2. The van der Waals surface area contributed by atoms with Crippen LogP contribution in [0.25, 0.3) is 22.2 Å². The van der Waals surface area contributed by atoms with Crippen LogP contribution in [0.3, 0.4) is 0 Å². The predicted molar refractivity (Wildman–Crippen MR) is 110 cm³/mol. The lowest BCUT2D eigenvalue weighted by molar-refractivity contribution is 0.0595. The molecular weight excluding hydrogens is 350 g/mol. The number of benzene rings is 2. The second-order valence-corrected chi connectivity index (χ2v) is 7.79. The van der Waals surface area contributed by atoms with Crippen molar-refractivity contribution < 1.29 is 14.3 Å². The van der Waals surface area contributed by atoms with Gasteiger partial charge >= 0.3 is 5.97 Å². The molecule has 0 unspecified atom stereocenters. The lowest BCUT2D eigenvalue weighted by Gasteiger charge is -2.24.